The number of carbonyl (C=O) groups excluding carboxylic acids is 1. The number of phenolic OH excluding ortho intramolecular Hbond substituents is 1. The standard InChI is InChI=1S/C12H15NO4/c1-16-10-6-9(14)8(12(13)3-4-12)5-7(10)11(15)17-2/h5-6,14H,3-4,13H2,1-2H3. The number of methoxy groups -OCH3 is 2. The van der Waals surface area contributed by atoms with Gasteiger partial charge in [-0.3, -0.25) is 0 Å². The first-order chi connectivity index (χ1) is 8.01. The minimum Gasteiger partial charge on any atom is -0.507 e. The lowest BCUT2D eigenvalue weighted by molar-refractivity contribution is 0.0597. The number of aromatic hydroxyl groups is 1. The summed E-state index contributed by atoms with van der Waals surface area (Å²) in [4.78, 5) is 11.6. The molecule has 1 saturated carbocycles. The molecule has 1 aliphatic rings. The smallest absolute Gasteiger partial charge is 0.341 e. The number of esters is 1. The molecule has 0 radical (unpaired) electrons. The van der Waals surface area contributed by atoms with Crippen LogP contribution in [-0.2, 0) is 10.3 Å². The second-order valence-electron chi connectivity index (χ2n) is 4.22. The molecule has 5 heteroatoms. The van der Waals surface area contributed by atoms with Crippen LogP contribution < -0.4 is 10.5 Å². The molecule has 0 bridgehead atoms. The van der Waals surface area contributed by atoms with Crippen molar-refractivity contribution in [3.05, 3.63) is 23.3 Å². The van der Waals surface area contributed by atoms with Gasteiger partial charge in [0.1, 0.15) is 17.1 Å². The highest BCUT2D eigenvalue weighted by Gasteiger charge is 2.42. The maximum absolute atomic E-state index is 11.6. The van der Waals surface area contributed by atoms with Gasteiger partial charge in [0.25, 0.3) is 0 Å². The summed E-state index contributed by atoms with van der Waals surface area (Å²) in [5.74, 6) is -0.177. The van der Waals surface area contributed by atoms with Gasteiger partial charge in [0, 0.05) is 17.2 Å². The monoisotopic (exact) mass is 237 g/mol. The highest BCUT2D eigenvalue weighted by Crippen LogP contribution is 2.47. The van der Waals surface area contributed by atoms with Crippen molar-refractivity contribution in [1.29, 1.82) is 0 Å². The van der Waals surface area contributed by atoms with Gasteiger partial charge in [-0.05, 0) is 18.9 Å². The Morgan fingerprint density at radius 3 is 2.53 bits per heavy atom. The molecule has 0 saturated heterocycles. The topological polar surface area (TPSA) is 81.8 Å². The molecule has 5 nitrogen and oxygen atoms in total. The van der Waals surface area contributed by atoms with Gasteiger partial charge in [-0.15, -0.1) is 0 Å². The van der Waals surface area contributed by atoms with Crippen LogP contribution >= 0.6 is 0 Å². The number of benzene rings is 1. The molecule has 0 unspecified atom stereocenters. The Morgan fingerprint density at radius 2 is 2.06 bits per heavy atom. The lowest BCUT2D eigenvalue weighted by Crippen LogP contribution is -2.20. The minimum absolute atomic E-state index is 0.0505. The second-order valence-corrected chi connectivity index (χ2v) is 4.22. The number of nitrogens with two attached hydrogens (primary N) is 1. The average Bonchev–Trinajstić information content (AvgIpc) is 3.06. The number of ether oxygens (including phenoxy) is 2. The summed E-state index contributed by atoms with van der Waals surface area (Å²) in [5.41, 5.74) is 6.35. The summed E-state index contributed by atoms with van der Waals surface area (Å²) < 4.78 is 9.70. The maximum Gasteiger partial charge on any atom is 0.341 e. The fourth-order valence-corrected chi connectivity index (χ4v) is 1.81. The van der Waals surface area contributed by atoms with Gasteiger partial charge in [-0.1, -0.05) is 0 Å². The molecular weight excluding hydrogens is 222 g/mol. The van der Waals surface area contributed by atoms with Crippen LogP contribution in [0.2, 0.25) is 0 Å². The zero-order chi connectivity index (χ0) is 12.6. The molecule has 1 aromatic rings. The van der Waals surface area contributed by atoms with E-state index in [1.165, 1.54) is 20.3 Å². The van der Waals surface area contributed by atoms with Crippen LogP contribution in [0.1, 0.15) is 28.8 Å². The third-order valence-corrected chi connectivity index (χ3v) is 3.05. The van der Waals surface area contributed by atoms with E-state index in [0.717, 1.165) is 12.8 Å². The number of hydrogen-bond donors (Lipinski definition) is 2. The molecule has 0 amide bonds. The quantitative estimate of drug-likeness (QED) is 0.770. The van der Waals surface area contributed by atoms with Crippen molar-refractivity contribution in [3.8, 4) is 11.5 Å². The Kier molecular flexibility index (Phi) is 2.71. The molecule has 3 N–H and O–H groups in total. The molecule has 0 heterocycles. The van der Waals surface area contributed by atoms with Crippen molar-refractivity contribution < 1.29 is 19.4 Å². The Hall–Kier alpha value is -1.75. The molecule has 1 aliphatic carbocycles. The van der Waals surface area contributed by atoms with E-state index >= 15 is 0 Å². The SMILES string of the molecule is COC(=O)c1cc(C2(N)CC2)c(O)cc1OC. The lowest BCUT2D eigenvalue weighted by atomic mass is 10.0. The lowest BCUT2D eigenvalue weighted by Gasteiger charge is -2.15. The molecule has 1 fully saturated rings. The van der Waals surface area contributed by atoms with E-state index in [1.807, 2.05) is 0 Å². The van der Waals surface area contributed by atoms with Gasteiger partial charge in [0.15, 0.2) is 0 Å². The van der Waals surface area contributed by atoms with E-state index < -0.39 is 11.5 Å². The highest BCUT2D eigenvalue weighted by atomic mass is 16.5. The van der Waals surface area contributed by atoms with Crippen molar-refractivity contribution in [2.24, 2.45) is 5.73 Å². The summed E-state index contributed by atoms with van der Waals surface area (Å²) in [5, 5.41) is 9.86. The van der Waals surface area contributed by atoms with E-state index in [2.05, 4.69) is 4.74 Å². The summed E-state index contributed by atoms with van der Waals surface area (Å²) in [6.45, 7) is 0. The first-order valence-corrected chi connectivity index (χ1v) is 5.30. The van der Waals surface area contributed by atoms with Gasteiger partial charge in [-0.25, -0.2) is 4.79 Å². The van der Waals surface area contributed by atoms with Crippen LogP contribution in [0, 0.1) is 0 Å². The van der Waals surface area contributed by atoms with E-state index in [4.69, 9.17) is 10.5 Å². The average molecular weight is 237 g/mol. The van der Waals surface area contributed by atoms with Gasteiger partial charge >= 0.3 is 5.97 Å². The number of hydrogen-bond acceptors (Lipinski definition) is 5. The first kappa shape index (κ1) is 11.7. The Morgan fingerprint density at radius 1 is 1.41 bits per heavy atom. The summed E-state index contributed by atoms with van der Waals surface area (Å²) in [6, 6.07) is 2.95. The predicted molar refractivity (Wildman–Crippen MR) is 61.1 cm³/mol. The van der Waals surface area contributed by atoms with Crippen LogP contribution in [0.25, 0.3) is 0 Å². The van der Waals surface area contributed by atoms with E-state index in [1.54, 1.807) is 6.07 Å². The van der Waals surface area contributed by atoms with Crippen LogP contribution in [0.5, 0.6) is 11.5 Å². The fraction of sp³-hybridized carbons (Fsp3) is 0.417. The van der Waals surface area contributed by atoms with Crippen molar-refractivity contribution in [1.82, 2.24) is 0 Å². The van der Waals surface area contributed by atoms with Gasteiger partial charge in [-0.2, -0.15) is 0 Å². The number of rotatable bonds is 3. The molecular formula is C12H15NO4. The van der Waals surface area contributed by atoms with Crippen molar-refractivity contribution in [3.63, 3.8) is 0 Å². The minimum atomic E-state index is -0.515. The molecule has 0 atom stereocenters. The van der Waals surface area contributed by atoms with Crippen LogP contribution in [0.15, 0.2) is 12.1 Å². The largest absolute Gasteiger partial charge is 0.507 e. The summed E-state index contributed by atoms with van der Waals surface area (Å²) in [6.07, 6.45) is 1.60. The molecule has 92 valence electrons. The highest BCUT2D eigenvalue weighted by molar-refractivity contribution is 5.93. The third-order valence-electron chi connectivity index (χ3n) is 3.05. The molecule has 1 aromatic carbocycles. The summed E-state index contributed by atoms with van der Waals surface area (Å²) in [7, 11) is 2.72. The number of phenols is 1. The Bertz CT molecular complexity index is 466. The van der Waals surface area contributed by atoms with Crippen molar-refractivity contribution >= 4 is 5.97 Å². The van der Waals surface area contributed by atoms with Crippen LogP contribution in [-0.4, -0.2) is 25.3 Å². The summed E-state index contributed by atoms with van der Waals surface area (Å²) >= 11 is 0. The Balaban J connectivity index is 2.53. The predicted octanol–water partition coefficient (Wildman–Crippen LogP) is 1.14. The molecule has 0 aliphatic heterocycles. The fourth-order valence-electron chi connectivity index (χ4n) is 1.81. The molecule has 2 rings (SSSR count). The van der Waals surface area contributed by atoms with Gasteiger partial charge < -0.3 is 20.3 Å². The van der Waals surface area contributed by atoms with E-state index in [0.29, 0.717) is 5.56 Å². The van der Waals surface area contributed by atoms with Crippen molar-refractivity contribution in [2.75, 3.05) is 14.2 Å². The van der Waals surface area contributed by atoms with Crippen LogP contribution in [0.4, 0.5) is 0 Å². The third kappa shape index (κ3) is 1.93. The van der Waals surface area contributed by atoms with E-state index in [-0.39, 0.29) is 17.1 Å². The maximum atomic E-state index is 11.6. The molecule has 0 aromatic heterocycles. The Labute approximate surface area is 99.1 Å². The normalized spacial score (nSPS) is 16.4. The zero-order valence-corrected chi connectivity index (χ0v) is 9.82. The van der Waals surface area contributed by atoms with Crippen LogP contribution in [0.3, 0.4) is 0 Å². The number of carbonyl (C=O) groups is 1. The second kappa shape index (κ2) is 3.92. The molecule has 0 spiro atoms. The van der Waals surface area contributed by atoms with Gasteiger partial charge in [0.05, 0.1) is 14.2 Å². The zero-order valence-electron chi connectivity index (χ0n) is 9.82. The van der Waals surface area contributed by atoms with E-state index in [9.17, 15) is 9.90 Å². The van der Waals surface area contributed by atoms with Crippen molar-refractivity contribution in [2.45, 2.75) is 18.4 Å². The molecule has 17 heavy (non-hydrogen) atoms. The van der Waals surface area contributed by atoms with Gasteiger partial charge in [0.2, 0.25) is 0 Å². The first-order valence-electron chi connectivity index (χ1n) is 5.30.